The van der Waals surface area contributed by atoms with Crippen molar-refractivity contribution in [2.75, 3.05) is 29.5 Å². The van der Waals surface area contributed by atoms with Gasteiger partial charge in [0.2, 0.25) is 0 Å². The van der Waals surface area contributed by atoms with Crippen LogP contribution in [0.2, 0.25) is 0 Å². The third-order valence-corrected chi connectivity index (χ3v) is 3.73. The summed E-state index contributed by atoms with van der Waals surface area (Å²) in [4.78, 5) is 6.63. The maximum absolute atomic E-state index is 5.77. The third kappa shape index (κ3) is 2.34. The molecular weight excluding hydrogens is 236 g/mol. The summed E-state index contributed by atoms with van der Waals surface area (Å²) in [7, 11) is 0. The molecule has 1 aliphatic rings. The highest BCUT2D eigenvalue weighted by molar-refractivity contribution is 5.62. The average Bonchev–Trinajstić information content (AvgIpc) is 2.93. The Morgan fingerprint density at radius 3 is 2.58 bits per heavy atom. The molecule has 1 atom stereocenters. The second-order valence-corrected chi connectivity index (χ2v) is 4.99. The summed E-state index contributed by atoms with van der Waals surface area (Å²) in [5.74, 6) is 1.91. The molecular formula is C15H18N4. The van der Waals surface area contributed by atoms with Crippen LogP contribution in [0.15, 0.2) is 42.5 Å². The number of benzene rings is 1. The highest BCUT2D eigenvalue weighted by Gasteiger charge is 2.24. The molecule has 1 saturated heterocycles. The van der Waals surface area contributed by atoms with E-state index >= 15 is 0 Å². The lowest BCUT2D eigenvalue weighted by Crippen LogP contribution is -2.20. The summed E-state index contributed by atoms with van der Waals surface area (Å²) >= 11 is 0. The first kappa shape index (κ1) is 11.8. The second-order valence-electron chi connectivity index (χ2n) is 4.99. The zero-order valence-electron chi connectivity index (χ0n) is 10.8. The van der Waals surface area contributed by atoms with Crippen molar-refractivity contribution in [2.45, 2.75) is 12.3 Å². The zero-order valence-corrected chi connectivity index (χ0v) is 10.8. The van der Waals surface area contributed by atoms with Crippen molar-refractivity contribution in [1.29, 1.82) is 0 Å². The van der Waals surface area contributed by atoms with Gasteiger partial charge < -0.3 is 16.4 Å². The maximum Gasteiger partial charge on any atom is 0.149 e. The summed E-state index contributed by atoms with van der Waals surface area (Å²) in [6.07, 6.45) is 1.15. The van der Waals surface area contributed by atoms with Crippen LogP contribution in [0, 0.1) is 0 Å². The molecule has 98 valence electrons. The molecule has 0 radical (unpaired) electrons. The minimum atomic E-state index is 0.417. The molecule has 0 aliphatic carbocycles. The quantitative estimate of drug-likeness (QED) is 0.862. The molecule has 0 amide bonds. The number of pyridine rings is 1. The maximum atomic E-state index is 5.77. The summed E-state index contributed by atoms with van der Waals surface area (Å²) in [5.41, 5.74) is 13.4. The molecule has 1 fully saturated rings. The van der Waals surface area contributed by atoms with Crippen molar-refractivity contribution in [2.24, 2.45) is 0 Å². The van der Waals surface area contributed by atoms with E-state index in [1.165, 1.54) is 5.56 Å². The fourth-order valence-corrected chi connectivity index (χ4v) is 2.62. The normalized spacial score (nSPS) is 18.7. The standard InChI is InChI=1S/C15H18N4/c16-13-6-7-14(18-15(13)17)19-9-8-12(10-19)11-4-2-1-3-5-11/h1-7,12H,8-10,16H2,(H2,17,18). The predicted octanol–water partition coefficient (Wildman–Crippen LogP) is 2.24. The number of rotatable bonds is 2. The Morgan fingerprint density at radius 2 is 1.84 bits per heavy atom. The minimum Gasteiger partial charge on any atom is -0.396 e. The molecule has 3 rings (SSSR count). The largest absolute Gasteiger partial charge is 0.396 e. The minimum absolute atomic E-state index is 0.417. The van der Waals surface area contributed by atoms with E-state index in [2.05, 4.69) is 40.2 Å². The van der Waals surface area contributed by atoms with E-state index in [-0.39, 0.29) is 0 Å². The van der Waals surface area contributed by atoms with Gasteiger partial charge >= 0.3 is 0 Å². The van der Waals surface area contributed by atoms with Gasteiger partial charge in [0, 0.05) is 19.0 Å². The first-order chi connectivity index (χ1) is 9.24. The van der Waals surface area contributed by atoms with Crippen LogP contribution in [0.25, 0.3) is 0 Å². The first-order valence-corrected chi connectivity index (χ1v) is 6.56. The third-order valence-electron chi connectivity index (χ3n) is 3.73. The molecule has 19 heavy (non-hydrogen) atoms. The van der Waals surface area contributed by atoms with Gasteiger partial charge in [-0.25, -0.2) is 4.98 Å². The van der Waals surface area contributed by atoms with Gasteiger partial charge in [-0.1, -0.05) is 30.3 Å². The van der Waals surface area contributed by atoms with Gasteiger partial charge in [-0.2, -0.15) is 0 Å². The SMILES string of the molecule is Nc1ccc(N2CCC(c3ccccc3)C2)nc1N. The van der Waals surface area contributed by atoms with Crippen molar-refractivity contribution >= 4 is 17.3 Å². The van der Waals surface area contributed by atoms with Crippen LogP contribution in [0.3, 0.4) is 0 Å². The Morgan fingerprint density at radius 1 is 1.05 bits per heavy atom. The number of hydrogen-bond acceptors (Lipinski definition) is 4. The summed E-state index contributed by atoms with van der Waals surface area (Å²) in [6, 6.07) is 14.4. The van der Waals surface area contributed by atoms with E-state index in [0.29, 0.717) is 17.4 Å². The molecule has 1 aromatic heterocycles. The summed E-state index contributed by atoms with van der Waals surface area (Å²) in [6.45, 7) is 2.00. The molecule has 0 spiro atoms. The second kappa shape index (κ2) is 4.80. The highest BCUT2D eigenvalue weighted by atomic mass is 15.2. The van der Waals surface area contributed by atoms with E-state index in [1.54, 1.807) is 0 Å². The summed E-state index contributed by atoms with van der Waals surface area (Å²) < 4.78 is 0. The van der Waals surface area contributed by atoms with Crippen LogP contribution in [0.1, 0.15) is 17.9 Å². The lowest BCUT2D eigenvalue weighted by molar-refractivity contribution is 0.774. The molecule has 2 aromatic rings. The lowest BCUT2D eigenvalue weighted by Gasteiger charge is -2.18. The fourth-order valence-electron chi connectivity index (χ4n) is 2.62. The van der Waals surface area contributed by atoms with Crippen LogP contribution in [0.5, 0.6) is 0 Å². The van der Waals surface area contributed by atoms with E-state index < -0.39 is 0 Å². The Labute approximate surface area is 113 Å². The number of anilines is 3. The number of hydrogen-bond donors (Lipinski definition) is 2. The van der Waals surface area contributed by atoms with Gasteiger partial charge in [-0.3, -0.25) is 0 Å². The van der Waals surface area contributed by atoms with Gasteiger partial charge in [0.15, 0.2) is 0 Å². The first-order valence-electron chi connectivity index (χ1n) is 6.56. The average molecular weight is 254 g/mol. The van der Waals surface area contributed by atoms with Crippen LogP contribution in [-0.2, 0) is 0 Å². The van der Waals surface area contributed by atoms with Gasteiger partial charge in [-0.15, -0.1) is 0 Å². The van der Waals surface area contributed by atoms with E-state index in [4.69, 9.17) is 11.5 Å². The van der Waals surface area contributed by atoms with Crippen LogP contribution >= 0.6 is 0 Å². The number of nitrogens with two attached hydrogens (primary N) is 2. The molecule has 4 nitrogen and oxygen atoms in total. The van der Waals surface area contributed by atoms with E-state index in [9.17, 15) is 0 Å². The molecule has 2 heterocycles. The summed E-state index contributed by atoms with van der Waals surface area (Å²) in [5, 5.41) is 0. The molecule has 4 heteroatoms. The molecule has 0 saturated carbocycles. The molecule has 1 aliphatic heterocycles. The zero-order chi connectivity index (χ0) is 13.2. The van der Waals surface area contributed by atoms with Gasteiger partial charge in [-0.05, 0) is 24.1 Å². The van der Waals surface area contributed by atoms with Crippen molar-refractivity contribution in [1.82, 2.24) is 4.98 Å². The van der Waals surface area contributed by atoms with Crippen LogP contribution in [0.4, 0.5) is 17.3 Å². The van der Waals surface area contributed by atoms with Crippen molar-refractivity contribution in [3.8, 4) is 0 Å². The molecule has 0 bridgehead atoms. The van der Waals surface area contributed by atoms with Gasteiger partial charge in [0.05, 0.1) is 5.69 Å². The van der Waals surface area contributed by atoms with Gasteiger partial charge in [0.25, 0.3) is 0 Å². The highest BCUT2D eigenvalue weighted by Crippen LogP contribution is 2.30. The molecule has 4 N–H and O–H groups in total. The lowest BCUT2D eigenvalue weighted by atomic mass is 9.99. The fraction of sp³-hybridized carbons (Fsp3) is 0.267. The Bertz CT molecular complexity index is 568. The Kier molecular flexibility index (Phi) is 2.99. The molecule has 1 aromatic carbocycles. The Hall–Kier alpha value is -2.23. The Balaban J connectivity index is 1.77. The number of nitrogen functional groups attached to an aromatic ring is 2. The topological polar surface area (TPSA) is 68.2 Å². The van der Waals surface area contributed by atoms with Crippen molar-refractivity contribution in [3.63, 3.8) is 0 Å². The monoisotopic (exact) mass is 254 g/mol. The molecule has 1 unspecified atom stereocenters. The van der Waals surface area contributed by atoms with Crippen molar-refractivity contribution < 1.29 is 0 Å². The van der Waals surface area contributed by atoms with Gasteiger partial charge in [0.1, 0.15) is 11.6 Å². The van der Waals surface area contributed by atoms with E-state index in [0.717, 1.165) is 25.3 Å². The van der Waals surface area contributed by atoms with Crippen LogP contribution in [-0.4, -0.2) is 18.1 Å². The predicted molar refractivity (Wildman–Crippen MR) is 79.1 cm³/mol. The van der Waals surface area contributed by atoms with E-state index in [1.807, 2.05) is 12.1 Å². The van der Waals surface area contributed by atoms with Crippen molar-refractivity contribution in [3.05, 3.63) is 48.0 Å². The van der Waals surface area contributed by atoms with Crippen LogP contribution < -0.4 is 16.4 Å². The number of nitrogens with zero attached hydrogens (tertiary/aromatic N) is 2. The number of aromatic nitrogens is 1. The smallest absolute Gasteiger partial charge is 0.149 e.